The van der Waals surface area contributed by atoms with Crippen LogP contribution in [0.4, 0.5) is 4.79 Å². The summed E-state index contributed by atoms with van der Waals surface area (Å²) in [5.41, 5.74) is 5.45. The van der Waals surface area contributed by atoms with Crippen LogP contribution in [0.3, 0.4) is 0 Å². The molecule has 2 unspecified atom stereocenters. The molecule has 3 rings (SSSR count). The molecule has 152 valence electrons. The van der Waals surface area contributed by atoms with Gasteiger partial charge in [0.15, 0.2) is 0 Å². The third kappa shape index (κ3) is 3.65. The Hall–Kier alpha value is -1.80. The number of hydrogen-bond donors (Lipinski definition) is 2. The summed E-state index contributed by atoms with van der Waals surface area (Å²) < 4.78 is 34.7. The molecule has 0 spiro atoms. The minimum atomic E-state index is -4.92. The Labute approximate surface area is 156 Å². The Morgan fingerprint density at radius 2 is 2.04 bits per heavy atom. The van der Waals surface area contributed by atoms with E-state index >= 15 is 0 Å². The van der Waals surface area contributed by atoms with Gasteiger partial charge in [0.05, 0.1) is 6.04 Å². The largest absolute Gasteiger partial charge is 0.477 e. The second-order valence-corrected chi connectivity index (χ2v) is 8.05. The van der Waals surface area contributed by atoms with Crippen molar-refractivity contribution in [2.24, 2.45) is 5.73 Å². The lowest BCUT2D eigenvalue weighted by atomic mass is 10.00. The van der Waals surface area contributed by atoms with Crippen LogP contribution in [0.15, 0.2) is 0 Å². The zero-order chi connectivity index (χ0) is 20.0. The summed E-state index contributed by atoms with van der Waals surface area (Å²) in [5, 5.41) is 0.537. The SMILES string of the molecule is CC(=O)N1CCCC1CO[N+]12C[C@@H](CC[C@H]1C(N)=O)N(OS(=O)(=O)O)C2=O. The van der Waals surface area contributed by atoms with E-state index in [-0.39, 0.29) is 37.9 Å². The molecule has 0 aromatic rings. The average Bonchev–Trinajstić information content (AvgIpc) is 3.10. The van der Waals surface area contributed by atoms with E-state index in [1.165, 1.54) is 6.92 Å². The molecule has 3 fully saturated rings. The molecule has 0 aromatic heterocycles. The number of carbonyl (C=O) groups excluding carboxylic acids is 3. The number of piperidine rings is 1. The first-order valence-electron chi connectivity index (χ1n) is 8.65. The summed E-state index contributed by atoms with van der Waals surface area (Å²) in [5.74, 6) is -0.876. The summed E-state index contributed by atoms with van der Waals surface area (Å²) in [6.07, 6.45) is 1.94. The molecule has 13 heteroatoms. The molecule has 0 aromatic carbocycles. The van der Waals surface area contributed by atoms with Crippen molar-refractivity contribution in [3.05, 3.63) is 0 Å². The van der Waals surface area contributed by atoms with Crippen molar-refractivity contribution in [3.63, 3.8) is 0 Å². The highest BCUT2D eigenvalue weighted by Crippen LogP contribution is 2.39. The fraction of sp³-hybridized carbons (Fsp3) is 0.786. The minimum absolute atomic E-state index is 0.0124. The highest BCUT2D eigenvalue weighted by molar-refractivity contribution is 7.80. The summed E-state index contributed by atoms with van der Waals surface area (Å²) >= 11 is 0. The quantitative estimate of drug-likeness (QED) is 0.416. The number of amides is 4. The number of hydrogen-bond acceptors (Lipinski definition) is 7. The fourth-order valence-corrected chi connectivity index (χ4v) is 4.59. The average molecular weight is 407 g/mol. The number of urea groups is 1. The van der Waals surface area contributed by atoms with Gasteiger partial charge in [0.25, 0.3) is 5.91 Å². The van der Waals surface area contributed by atoms with E-state index in [1.807, 2.05) is 0 Å². The number of fused-ring (bicyclic) bond motifs is 2. The molecule has 0 radical (unpaired) electrons. The normalized spacial score (nSPS) is 33.6. The molecule has 3 saturated heterocycles. The van der Waals surface area contributed by atoms with Crippen LogP contribution in [0, 0.1) is 0 Å². The van der Waals surface area contributed by atoms with Gasteiger partial charge in [-0.05, 0) is 19.3 Å². The Balaban J connectivity index is 1.84. The molecular weight excluding hydrogens is 384 g/mol. The van der Waals surface area contributed by atoms with Crippen LogP contribution in [0.25, 0.3) is 0 Å². The van der Waals surface area contributed by atoms with Crippen molar-refractivity contribution in [2.45, 2.75) is 50.7 Å². The first-order chi connectivity index (χ1) is 12.5. The Bertz CT molecular complexity index is 758. The first kappa shape index (κ1) is 19.9. The standard InChI is InChI=1S/C14H22N4O8S/c1-9(19)16-6-2-3-11(16)8-25-18-7-10(4-5-12(18)13(15)20)17(14(18)21)26-27(22,23)24/h10-12H,2-8H2,1H3,(H2-,15,20,22,23,24)/p+1/t10-,11?,12+,18?/m1/s1. The van der Waals surface area contributed by atoms with Gasteiger partial charge in [0, 0.05) is 19.9 Å². The summed E-state index contributed by atoms with van der Waals surface area (Å²) in [6, 6.07) is -2.89. The zero-order valence-electron chi connectivity index (χ0n) is 14.8. The second-order valence-electron chi connectivity index (χ2n) is 7.04. The molecule has 12 nitrogen and oxygen atoms in total. The van der Waals surface area contributed by atoms with Crippen LogP contribution in [0.5, 0.6) is 0 Å². The maximum absolute atomic E-state index is 12.9. The lowest BCUT2D eigenvalue weighted by Gasteiger charge is -2.36. The molecule has 27 heavy (non-hydrogen) atoms. The maximum Gasteiger partial charge on any atom is 0.477 e. The van der Waals surface area contributed by atoms with Crippen LogP contribution < -0.4 is 5.73 Å². The van der Waals surface area contributed by atoms with Gasteiger partial charge in [-0.2, -0.15) is 13.3 Å². The predicted octanol–water partition coefficient (Wildman–Crippen LogP) is -1.07. The maximum atomic E-state index is 12.9. The van der Waals surface area contributed by atoms with Gasteiger partial charge in [-0.15, -0.1) is 9.35 Å². The van der Waals surface area contributed by atoms with Crippen LogP contribution >= 0.6 is 0 Å². The van der Waals surface area contributed by atoms with Gasteiger partial charge in [-0.25, -0.2) is 4.79 Å². The highest BCUT2D eigenvalue weighted by atomic mass is 32.3. The number of quaternary nitrogens is 1. The Kier molecular flexibility index (Phi) is 5.16. The van der Waals surface area contributed by atoms with E-state index in [4.69, 9.17) is 15.1 Å². The van der Waals surface area contributed by atoms with Crippen LogP contribution in [0.2, 0.25) is 0 Å². The molecule has 3 N–H and O–H groups in total. The monoisotopic (exact) mass is 407 g/mol. The Morgan fingerprint density at radius 1 is 1.33 bits per heavy atom. The first-order valence-corrected chi connectivity index (χ1v) is 10.0. The lowest BCUT2D eigenvalue weighted by molar-refractivity contribution is -1.05. The molecule has 2 bridgehead atoms. The van der Waals surface area contributed by atoms with E-state index in [1.54, 1.807) is 4.90 Å². The second kappa shape index (κ2) is 6.98. The molecule has 4 atom stereocenters. The molecule has 3 aliphatic heterocycles. The molecule has 0 aliphatic carbocycles. The van der Waals surface area contributed by atoms with E-state index < -0.39 is 39.1 Å². The van der Waals surface area contributed by atoms with Gasteiger partial charge in [0.2, 0.25) is 11.9 Å². The number of primary amides is 1. The van der Waals surface area contributed by atoms with E-state index in [2.05, 4.69) is 4.28 Å². The van der Waals surface area contributed by atoms with Crippen molar-refractivity contribution in [1.29, 1.82) is 0 Å². The van der Waals surface area contributed by atoms with Gasteiger partial charge in [-0.3, -0.25) is 14.1 Å². The molecule has 3 aliphatic rings. The number of carbonyl (C=O) groups is 3. The third-order valence-electron chi connectivity index (χ3n) is 5.38. The van der Waals surface area contributed by atoms with E-state index in [9.17, 15) is 22.8 Å². The van der Waals surface area contributed by atoms with Crippen molar-refractivity contribution in [3.8, 4) is 0 Å². The van der Waals surface area contributed by atoms with Crippen molar-refractivity contribution < 1.29 is 41.1 Å². The van der Waals surface area contributed by atoms with E-state index in [0.29, 0.717) is 18.0 Å². The van der Waals surface area contributed by atoms with Crippen LogP contribution in [-0.2, 0) is 29.1 Å². The van der Waals surface area contributed by atoms with Gasteiger partial charge in [-0.1, -0.05) is 4.65 Å². The van der Waals surface area contributed by atoms with Gasteiger partial charge >= 0.3 is 16.4 Å². The predicted molar refractivity (Wildman–Crippen MR) is 87.4 cm³/mol. The van der Waals surface area contributed by atoms with Gasteiger partial charge in [0.1, 0.15) is 19.2 Å². The Morgan fingerprint density at radius 3 is 2.63 bits per heavy atom. The highest BCUT2D eigenvalue weighted by Gasteiger charge is 2.65. The summed E-state index contributed by atoms with van der Waals surface area (Å²) in [6.45, 7) is 1.96. The van der Waals surface area contributed by atoms with Crippen molar-refractivity contribution in [2.75, 3.05) is 19.7 Å². The number of nitrogens with zero attached hydrogens (tertiary/aromatic N) is 3. The molecular formula is C14H23N4O8S+. The summed E-state index contributed by atoms with van der Waals surface area (Å²) in [7, 11) is -4.92. The van der Waals surface area contributed by atoms with Crippen molar-refractivity contribution in [1.82, 2.24) is 9.96 Å². The molecule has 0 saturated carbocycles. The number of hydroxylamine groups is 5. The number of likely N-dealkylation sites (tertiary alicyclic amines) is 1. The lowest BCUT2D eigenvalue weighted by Crippen LogP contribution is -2.63. The topological polar surface area (TPSA) is 157 Å². The van der Waals surface area contributed by atoms with Crippen LogP contribution in [-0.4, -0.2) is 83.2 Å². The van der Waals surface area contributed by atoms with E-state index in [0.717, 1.165) is 6.42 Å². The zero-order valence-corrected chi connectivity index (χ0v) is 15.6. The van der Waals surface area contributed by atoms with Gasteiger partial charge < -0.3 is 10.6 Å². The minimum Gasteiger partial charge on any atom is -0.364 e. The molecule has 3 heterocycles. The third-order valence-corrected chi connectivity index (χ3v) is 5.73. The van der Waals surface area contributed by atoms with Crippen LogP contribution in [0.1, 0.15) is 32.6 Å². The fourth-order valence-electron chi connectivity index (χ4n) is 4.20. The summed E-state index contributed by atoms with van der Waals surface area (Å²) in [4.78, 5) is 44.0. The molecule has 4 amide bonds. The number of rotatable bonds is 6. The number of nitrogens with two attached hydrogens (primary N) is 1. The smallest absolute Gasteiger partial charge is 0.364 e. The van der Waals surface area contributed by atoms with Crippen molar-refractivity contribution >= 4 is 28.2 Å².